The van der Waals surface area contributed by atoms with Gasteiger partial charge in [-0.3, -0.25) is 0 Å². The zero-order valence-corrected chi connectivity index (χ0v) is 12.3. The maximum Gasteiger partial charge on any atom is 0.336 e. The first-order valence-electron chi connectivity index (χ1n) is 6.42. The van der Waals surface area contributed by atoms with Crippen LogP contribution in [0.15, 0.2) is 17.0 Å². The Morgan fingerprint density at radius 3 is 2.32 bits per heavy atom. The number of aromatic carboxylic acids is 1. The highest BCUT2D eigenvalue weighted by Gasteiger charge is 2.77. The minimum Gasteiger partial charge on any atom is -0.478 e. The van der Waals surface area contributed by atoms with Gasteiger partial charge in [0.25, 0.3) is 5.92 Å². The number of hydrogen-bond donors (Lipinski definition) is 1. The molecular formula is C13H12F3NO4S. The zero-order chi connectivity index (χ0) is 16.5. The molecule has 0 atom stereocenters. The van der Waals surface area contributed by atoms with E-state index in [9.17, 15) is 26.4 Å². The molecule has 2 fully saturated rings. The largest absolute Gasteiger partial charge is 0.478 e. The maximum atomic E-state index is 13.7. The lowest BCUT2D eigenvalue weighted by atomic mass is 10.00. The Kier molecular flexibility index (Phi) is 2.94. The Bertz CT molecular complexity index is 785. The van der Waals surface area contributed by atoms with Crippen molar-refractivity contribution in [1.82, 2.24) is 4.31 Å². The van der Waals surface area contributed by atoms with Crippen molar-refractivity contribution in [3.8, 4) is 0 Å². The highest BCUT2D eigenvalue weighted by molar-refractivity contribution is 7.89. The van der Waals surface area contributed by atoms with Gasteiger partial charge in [-0.2, -0.15) is 4.31 Å². The lowest BCUT2D eigenvalue weighted by Gasteiger charge is -2.38. The Morgan fingerprint density at radius 1 is 1.32 bits per heavy atom. The maximum absolute atomic E-state index is 13.7. The fourth-order valence-electron chi connectivity index (χ4n) is 2.70. The second-order valence-electron chi connectivity index (χ2n) is 5.82. The molecule has 1 saturated carbocycles. The first-order valence-corrected chi connectivity index (χ1v) is 7.86. The molecule has 1 saturated heterocycles. The highest BCUT2D eigenvalue weighted by Crippen LogP contribution is 2.65. The lowest BCUT2D eigenvalue weighted by Crippen LogP contribution is -2.53. The van der Waals surface area contributed by atoms with E-state index < -0.39 is 43.6 Å². The van der Waals surface area contributed by atoms with Crippen molar-refractivity contribution in [1.29, 1.82) is 0 Å². The minimum absolute atomic E-state index is 0.180. The van der Waals surface area contributed by atoms with Crippen LogP contribution in [0.4, 0.5) is 13.2 Å². The predicted molar refractivity (Wildman–Crippen MR) is 68.9 cm³/mol. The second-order valence-corrected chi connectivity index (χ2v) is 7.76. The Balaban J connectivity index is 1.93. The third-order valence-electron chi connectivity index (χ3n) is 4.36. The van der Waals surface area contributed by atoms with Crippen LogP contribution in [0, 0.1) is 18.2 Å². The molecule has 22 heavy (non-hydrogen) atoms. The van der Waals surface area contributed by atoms with E-state index in [-0.39, 0.29) is 25.1 Å². The number of carbonyl (C=O) groups is 1. The van der Waals surface area contributed by atoms with Gasteiger partial charge < -0.3 is 5.11 Å². The topological polar surface area (TPSA) is 74.7 Å². The molecule has 3 rings (SSSR count). The predicted octanol–water partition coefficient (Wildman–Crippen LogP) is 1.86. The fraction of sp³-hybridized carbons (Fsp3) is 0.462. The van der Waals surface area contributed by atoms with E-state index in [1.54, 1.807) is 0 Å². The number of rotatable bonds is 3. The first kappa shape index (κ1) is 15.3. The van der Waals surface area contributed by atoms with Crippen molar-refractivity contribution >= 4 is 16.0 Å². The van der Waals surface area contributed by atoms with Crippen LogP contribution >= 0.6 is 0 Å². The molecule has 1 heterocycles. The Labute approximate surface area is 124 Å². The number of benzene rings is 1. The van der Waals surface area contributed by atoms with Gasteiger partial charge >= 0.3 is 5.97 Å². The van der Waals surface area contributed by atoms with E-state index >= 15 is 0 Å². The SMILES string of the molecule is Cc1c(F)cc(S(=O)(=O)N2CC3(C2)CC3(F)F)cc1C(=O)O. The van der Waals surface area contributed by atoms with Gasteiger partial charge in [0.05, 0.1) is 15.9 Å². The van der Waals surface area contributed by atoms with Crippen molar-refractivity contribution in [3.63, 3.8) is 0 Å². The minimum atomic E-state index is -4.18. The number of halogens is 3. The standard InChI is InChI=1S/C13H12F3NO4S/c1-7-9(11(18)19)2-8(3-10(7)14)22(20,21)17-5-12(6-17)4-13(12,15)16/h2-3H,4-6H2,1H3,(H,18,19). The van der Waals surface area contributed by atoms with Crippen molar-refractivity contribution in [2.24, 2.45) is 5.41 Å². The smallest absolute Gasteiger partial charge is 0.336 e. The quantitative estimate of drug-likeness (QED) is 0.915. The first-order chi connectivity index (χ1) is 10.0. The molecule has 9 heteroatoms. The van der Waals surface area contributed by atoms with Crippen LogP contribution in [0.3, 0.4) is 0 Å². The average Bonchev–Trinajstić information content (AvgIpc) is 2.93. The van der Waals surface area contributed by atoms with Crippen LogP contribution in [0.25, 0.3) is 0 Å². The van der Waals surface area contributed by atoms with E-state index in [1.165, 1.54) is 6.92 Å². The number of carboxylic acid groups (broad SMARTS) is 1. The molecule has 1 aromatic carbocycles. The van der Waals surface area contributed by atoms with Crippen molar-refractivity contribution in [3.05, 3.63) is 29.1 Å². The van der Waals surface area contributed by atoms with Crippen molar-refractivity contribution in [2.75, 3.05) is 13.1 Å². The summed E-state index contributed by atoms with van der Waals surface area (Å²) in [6, 6.07) is 1.57. The molecule has 0 unspecified atom stereocenters. The summed E-state index contributed by atoms with van der Waals surface area (Å²) < 4.78 is 65.4. The van der Waals surface area contributed by atoms with Crippen LogP contribution in [0.5, 0.6) is 0 Å². The van der Waals surface area contributed by atoms with E-state index in [4.69, 9.17) is 5.11 Å². The summed E-state index contributed by atoms with van der Waals surface area (Å²) >= 11 is 0. The molecule has 5 nitrogen and oxygen atoms in total. The zero-order valence-electron chi connectivity index (χ0n) is 11.4. The molecule has 1 aliphatic carbocycles. The third kappa shape index (κ3) is 1.95. The van der Waals surface area contributed by atoms with Crippen LogP contribution in [0.2, 0.25) is 0 Å². The molecule has 1 N–H and O–H groups in total. The summed E-state index contributed by atoms with van der Waals surface area (Å²) in [6.07, 6.45) is -0.353. The molecule has 2 aliphatic rings. The van der Waals surface area contributed by atoms with Gasteiger partial charge in [-0.1, -0.05) is 0 Å². The highest BCUT2D eigenvalue weighted by atomic mass is 32.2. The summed E-state index contributed by atoms with van der Waals surface area (Å²) in [5.41, 5.74) is -1.94. The number of carboxylic acids is 1. The van der Waals surface area contributed by atoms with Crippen LogP contribution < -0.4 is 0 Å². The molecule has 1 spiro atoms. The molecule has 120 valence electrons. The summed E-state index contributed by atoms with van der Waals surface area (Å²) in [4.78, 5) is 10.5. The number of hydrogen-bond acceptors (Lipinski definition) is 3. The van der Waals surface area contributed by atoms with Gasteiger partial charge in [-0.25, -0.2) is 26.4 Å². The molecule has 0 bridgehead atoms. The van der Waals surface area contributed by atoms with Gasteiger partial charge in [0.15, 0.2) is 0 Å². The fourth-order valence-corrected chi connectivity index (χ4v) is 4.35. The van der Waals surface area contributed by atoms with Crippen molar-refractivity contribution in [2.45, 2.75) is 24.2 Å². The normalized spacial score (nSPS) is 22.4. The van der Waals surface area contributed by atoms with E-state index in [2.05, 4.69) is 0 Å². The van der Waals surface area contributed by atoms with E-state index in [0.717, 1.165) is 10.4 Å². The molecule has 0 radical (unpaired) electrons. The lowest BCUT2D eigenvalue weighted by molar-refractivity contribution is 0.0108. The van der Waals surface area contributed by atoms with Gasteiger partial charge in [0, 0.05) is 19.5 Å². The molecule has 1 aromatic rings. The van der Waals surface area contributed by atoms with Gasteiger partial charge in [0.1, 0.15) is 5.82 Å². The van der Waals surface area contributed by atoms with Gasteiger partial charge in [0.2, 0.25) is 10.0 Å². The third-order valence-corrected chi connectivity index (χ3v) is 6.12. The second kappa shape index (κ2) is 4.23. The molecular weight excluding hydrogens is 323 g/mol. The number of alkyl halides is 2. The number of nitrogens with zero attached hydrogens (tertiary/aromatic N) is 1. The molecule has 0 amide bonds. The van der Waals surface area contributed by atoms with Crippen LogP contribution in [-0.4, -0.2) is 42.8 Å². The van der Waals surface area contributed by atoms with E-state index in [1.807, 2.05) is 0 Å². The summed E-state index contributed by atoms with van der Waals surface area (Å²) in [5, 5.41) is 8.98. The van der Waals surface area contributed by atoms with Crippen LogP contribution in [-0.2, 0) is 10.0 Å². The van der Waals surface area contributed by atoms with Gasteiger partial charge in [-0.05, 0) is 24.6 Å². The van der Waals surface area contributed by atoms with Gasteiger partial charge in [-0.15, -0.1) is 0 Å². The van der Waals surface area contributed by atoms with E-state index in [0.29, 0.717) is 6.07 Å². The average molecular weight is 335 g/mol. The molecule has 0 aromatic heterocycles. The Morgan fingerprint density at radius 2 is 1.86 bits per heavy atom. The van der Waals surface area contributed by atoms with Crippen molar-refractivity contribution < 1.29 is 31.5 Å². The number of sulfonamides is 1. The van der Waals surface area contributed by atoms with Crippen LogP contribution in [0.1, 0.15) is 22.3 Å². The summed E-state index contributed by atoms with van der Waals surface area (Å²) in [6.45, 7) is 0.555. The summed E-state index contributed by atoms with van der Waals surface area (Å²) in [7, 11) is -4.18. The monoisotopic (exact) mass is 335 g/mol. The Hall–Kier alpha value is -1.61. The summed E-state index contributed by atoms with van der Waals surface area (Å²) in [5.74, 6) is -5.28. The molecule has 1 aliphatic heterocycles.